The first kappa shape index (κ1) is 27.9. The van der Waals surface area contributed by atoms with Crippen LogP contribution in [0.25, 0.3) is 0 Å². The van der Waals surface area contributed by atoms with Gasteiger partial charge in [-0.1, -0.05) is 94.8 Å². The van der Waals surface area contributed by atoms with Crippen LogP contribution in [0.3, 0.4) is 0 Å². The van der Waals surface area contributed by atoms with Gasteiger partial charge in [0, 0.05) is 5.56 Å². The number of unbranched alkanes of at least 4 members (excludes halogenated alkanes) is 6. The van der Waals surface area contributed by atoms with Gasteiger partial charge < -0.3 is 14.0 Å². The molecular weight excluding hydrogens is 422 g/mol. The molecule has 0 aliphatic rings. The van der Waals surface area contributed by atoms with Gasteiger partial charge in [0.2, 0.25) is 6.79 Å². The molecule has 0 amide bonds. The van der Waals surface area contributed by atoms with Crippen molar-refractivity contribution >= 4 is 5.97 Å². The van der Waals surface area contributed by atoms with Crippen LogP contribution in [0.2, 0.25) is 0 Å². The molecule has 0 N–H and O–H groups in total. The van der Waals surface area contributed by atoms with Gasteiger partial charge in [0.05, 0.1) is 20.6 Å². The predicted octanol–water partition coefficient (Wildman–Crippen LogP) is 7.16. The van der Waals surface area contributed by atoms with Crippen molar-refractivity contribution in [1.29, 1.82) is 0 Å². The van der Waals surface area contributed by atoms with Crippen LogP contribution in [0.15, 0.2) is 54.6 Å². The summed E-state index contributed by atoms with van der Waals surface area (Å²) >= 11 is 0. The van der Waals surface area contributed by atoms with Gasteiger partial charge in [0.25, 0.3) is 0 Å². The minimum absolute atomic E-state index is 0.0394. The quantitative estimate of drug-likeness (QED) is 0.107. The number of esters is 1. The lowest BCUT2D eigenvalue weighted by Gasteiger charge is -2.32. The largest absolute Gasteiger partial charge is 0.457 e. The molecule has 2 rings (SSSR count). The first-order chi connectivity index (χ1) is 16.4. The summed E-state index contributed by atoms with van der Waals surface area (Å²) in [4.78, 5) is 12.7. The number of hydrogen-bond acceptors (Lipinski definition) is 3. The molecule has 0 saturated heterocycles. The van der Waals surface area contributed by atoms with Crippen molar-refractivity contribution < 1.29 is 18.8 Å². The third-order valence-electron chi connectivity index (χ3n) is 6.39. The van der Waals surface area contributed by atoms with Crippen LogP contribution in [0, 0.1) is 5.92 Å². The van der Waals surface area contributed by atoms with E-state index in [4.69, 9.17) is 9.47 Å². The van der Waals surface area contributed by atoms with Crippen molar-refractivity contribution in [3.05, 3.63) is 65.7 Å². The Hall–Kier alpha value is -2.33. The third kappa shape index (κ3) is 11.2. The summed E-state index contributed by atoms with van der Waals surface area (Å²) in [5.74, 6) is 0.438. The van der Waals surface area contributed by atoms with Crippen LogP contribution in [-0.2, 0) is 22.5 Å². The Morgan fingerprint density at radius 3 is 2.24 bits per heavy atom. The van der Waals surface area contributed by atoms with E-state index in [0.29, 0.717) is 0 Å². The molecule has 1 atom stereocenters. The van der Waals surface area contributed by atoms with Gasteiger partial charge in [-0.15, -0.1) is 0 Å². The van der Waals surface area contributed by atoms with E-state index in [-0.39, 0.29) is 18.7 Å². The third-order valence-corrected chi connectivity index (χ3v) is 6.39. The van der Waals surface area contributed by atoms with E-state index >= 15 is 0 Å². The van der Waals surface area contributed by atoms with Crippen molar-refractivity contribution in [2.24, 2.45) is 5.92 Å². The molecule has 0 aromatic heterocycles. The number of aryl methyl sites for hydroxylation is 1. The summed E-state index contributed by atoms with van der Waals surface area (Å²) in [7, 11) is 4.33. The predicted molar refractivity (Wildman–Crippen MR) is 141 cm³/mol. The summed E-state index contributed by atoms with van der Waals surface area (Å²) in [5, 5.41) is 0. The number of rotatable bonds is 17. The Kier molecular flexibility index (Phi) is 12.8. The van der Waals surface area contributed by atoms with E-state index in [1.165, 1.54) is 56.1 Å². The molecule has 34 heavy (non-hydrogen) atoms. The molecule has 0 heterocycles. The van der Waals surface area contributed by atoms with Gasteiger partial charge >= 0.3 is 5.97 Å². The van der Waals surface area contributed by atoms with Gasteiger partial charge in [-0.2, -0.15) is 0 Å². The number of benzene rings is 2. The highest BCUT2D eigenvalue weighted by molar-refractivity contribution is 5.72. The number of ether oxygens (including phenoxy) is 2. The molecule has 0 spiro atoms. The molecule has 0 radical (unpaired) electrons. The Bertz CT molecular complexity index is 819. The molecule has 188 valence electrons. The zero-order valence-electron chi connectivity index (χ0n) is 21.9. The van der Waals surface area contributed by atoms with Crippen LogP contribution in [0.5, 0.6) is 5.75 Å². The van der Waals surface area contributed by atoms with Crippen molar-refractivity contribution in [3.8, 4) is 5.75 Å². The normalized spacial score (nSPS) is 12.4. The van der Waals surface area contributed by atoms with E-state index in [9.17, 15) is 4.79 Å². The minimum Gasteiger partial charge on any atom is -0.457 e. The van der Waals surface area contributed by atoms with Crippen LogP contribution >= 0.6 is 0 Å². The van der Waals surface area contributed by atoms with Crippen LogP contribution in [0.1, 0.15) is 76.3 Å². The summed E-state index contributed by atoms with van der Waals surface area (Å²) < 4.78 is 12.0. The van der Waals surface area contributed by atoms with Crippen LogP contribution in [-0.4, -0.2) is 37.9 Å². The smallest absolute Gasteiger partial charge is 0.317 e. The number of hydrogen-bond donors (Lipinski definition) is 0. The fourth-order valence-corrected chi connectivity index (χ4v) is 4.46. The maximum Gasteiger partial charge on any atom is 0.317 e. The average molecular weight is 469 g/mol. The molecule has 2 aromatic carbocycles. The first-order valence-corrected chi connectivity index (χ1v) is 13.2. The molecule has 2 aromatic rings. The molecule has 0 aliphatic heterocycles. The van der Waals surface area contributed by atoms with E-state index in [1.807, 2.05) is 25.1 Å². The van der Waals surface area contributed by atoms with Gasteiger partial charge in [-0.3, -0.25) is 4.79 Å². The minimum atomic E-state index is -0.180. The average Bonchev–Trinajstić information content (AvgIpc) is 2.82. The fraction of sp³-hybridized carbons (Fsp3) is 0.567. The second-order valence-corrected chi connectivity index (χ2v) is 10.1. The van der Waals surface area contributed by atoms with Gasteiger partial charge in [-0.25, -0.2) is 0 Å². The van der Waals surface area contributed by atoms with Crippen molar-refractivity contribution in [1.82, 2.24) is 0 Å². The van der Waals surface area contributed by atoms with E-state index in [2.05, 4.69) is 57.4 Å². The summed E-state index contributed by atoms with van der Waals surface area (Å²) in [6.45, 7) is 5.88. The highest BCUT2D eigenvalue weighted by atomic mass is 16.7. The first-order valence-electron chi connectivity index (χ1n) is 13.2. The summed E-state index contributed by atoms with van der Waals surface area (Å²) in [6, 6.07) is 18.6. The van der Waals surface area contributed by atoms with Crippen molar-refractivity contribution in [3.63, 3.8) is 0 Å². The fourth-order valence-electron chi connectivity index (χ4n) is 4.46. The second kappa shape index (κ2) is 15.5. The lowest BCUT2D eigenvalue weighted by Crippen LogP contribution is -2.44. The monoisotopic (exact) mass is 468 g/mol. The molecule has 0 fully saturated rings. The topological polar surface area (TPSA) is 35.5 Å². The SMILES string of the molecule is CCCCCCCCCc1cccc(OCOC(=O)C(CC)C[N+](C)(C)Cc2ccccc2)c1. The summed E-state index contributed by atoms with van der Waals surface area (Å²) in [6.07, 6.45) is 11.0. The molecule has 0 aliphatic carbocycles. The lowest BCUT2D eigenvalue weighted by molar-refractivity contribution is -0.906. The summed E-state index contributed by atoms with van der Waals surface area (Å²) in [5.41, 5.74) is 2.55. The van der Waals surface area contributed by atoms with Crippen LogP contribution < -0.4 is 4.74 Å². The second-order valence-electron chi connectivity index (χ2n) is 10.1. The molecule has 4 nitrogen and oxygen atoms in total. The van der Waals surface area contributed by atoms with Gasteiger partial charge in [0.1, 0.15) is 18.2 Å². The standard InChI is InChI=1S/C30H46NO3/c1-5-7-8-9-10-11-13-17-26-20-16-21-29(22-26)33-25-34-30(32)28(6-2)24-31(3,4)23-27-18-14-12-15-19-27/h12,14-16,18-22,28H,5-11,13,17,23-25H2,1-4H3/q+1. The highest BCUT2D eigenvalue weighted by Crippen LogP contribution is 2.18. The zero-order chi connectivity index (χ0) is 24.7. The zero-order valence-corrected chi connectivity index (χ0v) is 21.9. The Balaban J connectivity index is 1.73. The maximum atomic E-state index is 12.7. The number of quaternary nitrogens is 1. The van der Waals surface area contributed by atoms with Crippen LogP contribution in [0.4, 0.5) is 0 Å². The van der Waals surface area contributed by atoms with Crippen molar-refractivity contribution in [2.75, 3.05) is 27.4 Å². The van der Waals surface area contributed by atoms with Gasteiger partial charge in [-0.05, 0) is 37.0 Å². The molecular formula is C30H46NO3+. The Morgan fingerprint density at radius 2 is 1.53 bits per heavy atom. The van der Waals surface area contributed by atoms with E-state index in [0.717, 1.165) is 36.2 Å². The van der Waals surface area contributed by atoms with Gasteiger partial charge in [0.15, 0.2) is 0 Å². The molecule has 1 unspecified atom stereocenters. The molecule has 4 heteroatoms. The Morgan fingerprint density at radius 1 is 0.853 bits per heavy atom. The lowest BCUT2D eigenvalue weighted by atomic mass is 10.0. The molecule has 0 saturated carbocycles. The van der Waals surface area contributed by atoms with E-state index < -0.39 is 0 Å². The molecule has 0 bridgehead atoms. The maximum absolute atomic E-state index is 12.7. The number of carbonyl (C=O) groups is 1. The highest BCUT2D eigenvalue weighted by Gasteiger charge is 2.28. The number of carbonyl (C=O) groups excluding carboxylic acids is 1. The van der Waals surface area contributed by atoms with Crippen molar-refractivity contribution in [2.45, 2.75) is 78.2 Å². The van der Waals surface area contributed by atoms with E-state index in [1.54, 1.807) is 0 Å². The number of nitrogens with zero attached hydrogens (tertiary/aromatic N) is 1. The Labute approximate surface area is 207 Å².